The average molecular weight is 474 g/mol. The molecule has 0 saturated carbocycles. The van der Waals surface area contributed by atoms with E-state index >= 15 is 0 Å². The third-order valence-electron chi connectivity index (χ3n) is 6.36. The lowest BCUT2D eigenvalue weighted by atomic mass is 9.94. The number of aromatic nitrogens is 4. The first-order chi connectivity index (χ1) is 16.3. The summed E-state index contributed by atoms with van der Waals surface area (Å²) in [6, 6.07) is 9.73. The quantitative estimate of drug-likeness (QED) is 0.539. The van der Waals surface area contributed by atoms with Gasteiger partial charge in [-0.15, -0.1) is 15.3 Å². The fourth-order valence-electron chi connectivity index (χ4n) is 4.66. The van der Waals surface area contributed by atoms with Crippen LogP contribution in [0.3, 0.4) is 0 Å². The summed E-state index contributed by atoms with van der Waals surface area (Å²) in [6.07, 6.45) is -3.33. The van der Waals surface area contributed by atoms with Crippen LogP contribution in [0.15, 0.2) is 36.4 Å². The summed E-state index contributed by atoms with van der Waals surface area (Å²) in [4.78, 5) is 29.2. The first kappa shape index (κ1) is 22.1. The summed E-state index contributed by atoms with van der Waals surface area (Å²) in [7, 11) is 1.30. The number of hydrogen-bond donors (Lipinski definition) is 0. The molecule has 2 aliphatic rings. The second kappa shape index (κ2) is 8.26. The molecule has 1 unspecified atom stereocenters. The number of alkyl halides is 3. The molecular weight excluding hydrogens is 453 g/mol. The number of amides is 1. The lowest BCUT2D eigenvalue weighted by molar-refractivity contribution is -0.146. The minimum absolute atomic E-state index is 0.00249. The summed E-state index contributed by atoms with van der Waals surface area (Å²) >= 11 is 0. The van der Waals surface area contributed by atoms with Gasteiger partial charge in [-0.2, -0.15) is 17.7 Å². The van der Waals surface area contributed by atoms with Gasteiger partial charge in [-0.05, 0) is 36.6 Å². The molecule has 0 radical (unpaired) electrons. The van der Waals surface area contributed by atoms with E-state index in [1.807, 2.05) is 29.2 Å². The Labute approximate surface area is 192 Å². The fraction of sp³-hybridized carbons (Fsp3) is 0.409. The fourth-order valence-corrected chi connectivity index (χ4v) is 4.66. The SMILES string of the molecule is COC(=O)C1Cc2ccccc2N1C(=O)C1CCN(c2ccc3nnc(C(F)(F)F)n3n2)CC1. The van der Waals surface area contributed by atoms with Crippen LogP contribution in [0.5, 0.6) is 0 Å². The number of fused-ring (bicyclic) bond motifs is 2. The zero-order valence-electron chi connectivity index (χ0n) is 18.2. The zero-order chi connectivity index (χ0) is 24.0. The van der Waals surface area contributed by atoms with E-state index in [2.05, 4.69) is 15.3 Å². The van der Waals surface area contributed by atoms with Crippen molar-refractivity contribution in [1.29, 1.82) is 0 Å². The molecule has 0 spiro atoms. The standard InChI is InChI=1S/C22H21F3N6O3/c1-34-20(33)16-12-14-4-2-3-5-15(14)30(16)19(32)13-8-10-29(11-9-13)18-7-6-17-26-27-21(22(23,24)25)31(17)28-18/h2-7,13,16H,8-12H2,1H3. The van der Waals surface area contributed by atoms with E-state index in [0.29, 0.717) is 48.4 Å². The highest BCUT2D eigenvalue weighted by atomic mass is 19.4. The largest absolute Gasteiger partial charge is 0.467 e. The second-order valence-corrected chi connectivity index (χ2v) is 8.32. The molecule has 1 fully saturated rings. The first-order valence-electron chi connectivity index (χ1n) is 10.8. The van der Waals surface area contributed by atoms with E-state index < -0.39 is 24.0 Å². The van der Waals surface area contributed by atoms with Crippen LogP contribution in [0, 0.1) is 5.92 Å². The van der Waals surface area contributed by atoms with Gasteiger partial charge in [0.2, 0.25) is 5.91 Å². The highest BCUT2D eigenvalue weighted by molar-refractivity contribution is 6.03. The lowest BCUT2D eigenvalue weighted by Crippen LogP contribution is -2.48. The third-order valence-corrected chi connectivity index (χ3v) is 6.36. The maximum absolute atomic E-state index is 13.5. The molecule has 9 nitrogen and oxygen atoms in total. The molecule has 4 heterocycles. The molecule has 0 bridgehead atoms. The number of halogens is 3. The minimum Gasteiger partial charge on any atom is -0.467 e. The van der Waals surface area contributed by atoms with Gasteiger partial charge in [0.15, 0.2) is 5.65 Å². The summed E-state index contributed by atoms with van der Waals surface area (Å²) in [5.74, 6) is -1.78. The molecule has 1 amide bonds. The van der Waals surface area contributed by atoms with E-state index in [1.54, 1.807) is 11.0 Å². The Bertz CT molecular complexity index is 1250. The highest BCUT2D eigenvalue weighted by Crippen LogP contribution is 2.36. The molecule has 1 saturated heterocycles. The number of rotatable bonds is 3. The average Bonchev–Trinajstić information content (AvgIpc) is 3.44. The van der Waals surface area contributed by atoms with Gasteiger partial charge in [0, 0.05) is 31.1 Å². The molecule has 3 aromatic rings. The lowest BCUT2D eigenvalue weighted by Gasteiger charge is -2.35. The molecule has 1 aromatic carbocycles. The van der Waals surface area contributed by atoms with Gasteiger partial charge in [-0.3, -0.25) is 9.69 Å². The number of hydrogen-bond acceptors (Lipinski definition) is 7. The van der Waals surface area contributed by atoms with E-state index in [4.69, 9.17) is 4.74 Å². The minimum atomic E-state index is -4.67. The normalized spacial score (nSPS) is 18.9. The van der Waals surface area contributed by atoms with Gasteiger partial charge in [-0.1, -0.05) is 18.2 Å². The van der Waals surface area contributed by atoms with Gasteiger partial charge in [-0.25, -0.2) is 4.79 Å². The van der Waals surface area contributed by atoms with Crippen LogP contribution in [0.4, 0.5) is 24.7 Å². The molecule has 2 aromatic heterocycles. The number of piperidine rings is 1. The predicted molar refractivity (Wildman–Crippen MR) is 114 cm³/mol. The Morgan fingerprint density at radius 2 is 1.79 bits per heavy atom. The molecule has 5 rings (SSSR count). The van der Waals surface area contributed by atoms with Crippen LogP contribution in [0.1, 0.15) is 24.2 Å². The van der Waals surface area contributed by atoms with Crippen molar-refractivity contribution in [3.8, 4) is 0 Å². The van der Waals surface area contributed by atoms with Crippen molar-refractivity contribution in [1.82, 2.24) is 19.8 Å². The molecule has 12 heteroatoms. The number of nitrogens with zero attached hydrogens (tertiary/aromatic N) is 6. The Balaban J connectivity index is 1.33. The zero-order valence-corrected chi connectivity index (χ0v) is 18.2. The van der Waals surface area contributed by atoms with Crippen LogP contribution in [0.2, 0.25) is 0 Å². The van der Waals surface area contributed by atoms with Gasteiger partial charge in [0.1, 0.15) is 11.9 Å². The van der Waals surface area contributed by atoms with Crippen molar-refractivity contribution in [2.75, 3.05) is 30.0 Å². The number of ether oxygens (including phenoxy) is 1. The third kappa shape index (κ3) is 3.72. The van der Waals surface area contributed by atoms with Crippen molar-refractivity contribution in [3.63, 3.8) is 0 Å². The van der Waals surface area contributed by atoms with Crippen LogP contribution < -0.4 is 9.80 Å². The summed E-state index contributed by atoms with van der Waals surface area (Å²) in [5.41, 5.74) is 1.63. The number of benzene rings is 1. The van der Waals surface area contributed by atoms with Crippen LogP contribution in [-0.2, 0) is 26.9 Å². The summed E-state index contributed by atoms with van der Waals surface area (Å²) in [6.45, 7) is 0.855. The van der Waals surface area contributed by atoms with E-state index in [-0.39, 0.29) is 17.5 Å². The number of methoxy groups -OCH3 is 1. The van der Waals surface area contributed by atoms with Gasteiger partial charge in [0.05, 0.1) is 7.11 Å². The molecule has 1 atom stereocenters. The Morgan fingerprint density at radius 1 is 1.06 bits per heavy atom. The molecule has 178 valence electrons. The van der Waals surface area contributed by atoms with Crippen molar-refractivity contribution in [3.05, 3.63) is 47.8 Å². The summed E-state index contributed by atoms with van der Waals surface area (Å²) < 4.78 is 45.2. The highest BCUT2D eigenvalue weighted by Gasteiger charge is 2.42. The maximum Gasteiger partial charge on any atom is 0.453 e. The van der Waals surface area contributed by atoms with Crippen molar-refractivity contribution in [2.24, 2.45) is 5.92 Å². The van der Waals surface area contributed by atoms with Crippen LogP contribution in [0.25, 0.3) is 5.65 Å². The molecule has 0 aliphatic carbocycles. The Morgan fingerprint density at radius 3 is 2.50 bits per heavy atom. The van der Waals surface area contributed by atoms with Crippen LogP contribution >= 0.6 is 0 Å². The summed E-state index contributed by atoms with van der Waals surface area (Å²) in [5, 5.41) is 10.8. The van der Waals surface area contributed by atoms with Crippen molar-refractivity contribution >= 4 is 29.0 Å². The molecule has 0 N–H and O–H groups in total. The van der Waals surface area contributed by atoms with Gasteiger partial charge in [0.25, 0.3) is 5.82 Å². The molecular formula is C22H21F3N6O3. The van der Waals surface area contributed by atoms with E-state index in [0.717, 1.165) is 5.56 Å². The Hall–Kier alpha value is -3.70. The number of esters is 1. The number of carbonyl (C=O) groups is 2. The molecule has 34 heavy (non-hydrogen) atoms. The van der Waals surface area contributed by atoms with Crippen LogP contribution in [-0.4, -0.2) is 57.9 Å². The van der Waals surface area contributed by atoms with E-state index in [9.17, 15) is 22.8 Å². The maximum atomic E-state index is 13.5. The molecule has 2 aliphatic heterocycles. The van der Waals surface area contributed by atoms with E-state index in [1.165, 1.54) is 13.2 Å². The van der Waals surface area contributed by atoms with Crippen molar-refractivity contribution < 1.29 is 27.5 Å². The van der Waals surface area contributed by atoms with Gasteiger partial charge < -0.3 is 9.64 Å². The smallest absolute Gasteiger partial charge is 0.453 e. The van der Waals surface area contributed by atoms with Crippen molar-refractivity contribution in [2.45, 2.75) is 31.5 Å². The Kier molecular flexibility index (Phi) is 5.37. The first-order valence-corrected chi connectivity index (χ1v) is 10.8. The predicted octanol–water partition coefficient (Wildman–Crippen LogP) is 2.49. The monoisotopic (exact) mass is 474 g/mol. The number of para-hydroxylation sites is 1. The second-order valence-electron chi connectivity index (χ2n) is 8.32. The number of anilines is 2. The topological polar surface area (TPSA) is 92.9 Å². The number of carbonyl (C=O) groups excluding carboxylic acids is 2. The van der Waals surface area contributed by atoms with Gasteiger partial charge >= 0.3 is 12.1 Å².